The SMILES string of the molecule is C=CCN(CC1CC(c2cccc(F)c2)=NO1)C(=O)NC(C)C. The van der Waals surface area contributed by atoms with Gasteiger partial charge >= 0.3 is 6.03 Å². The van der Waals surface area contributed by atoms with Gasteiger partial charge in [-0.25, -0.2) is 9.18 Å². The molecule has 23 heavy (non-hydrogen) atoms. The number of oxime groups is 1. The third-order valence-electron chi connectivity index (χ3n) is 3.36. The molecule has 6 heteroatoms. The Kier molecular flexibility index (Phi) is 5.73. The first kappa shape index (κ1) is 17.0. The predicted octanol–water partition coefficient (Wildman–Crippen LogP) is 2.92. The second-order valence-electron chi connectivity index (χ2n) is 5.78. The van der Waals surface area contributed by atoms with E-state index in [1.54, 1.807) is 23.1 Å². The standard InChI is InChI=1S/C17H22FN3O2/c1-4-8-21(17(22)19-12(2)3)11-15-10-16(20-23-15)13-6-5-7-14(18)9-13/h4-7,9,12,15H,1,8,10-11H2,2-3H3,(H,19,22). The molecule has 0 fully saturated rings. The van der Waals surface area contributed by atoms with Crippen molar-refractivity contribution in [2.45, 2.75) is 32.4 Å². The van der Waals surface area contributed by atoms with Crippen molar-refractivity contribution in [3.05, 3.63) is 48.3 Å². The largest absolute Gasteiger partial charge is 0.390 e. The molecule has 1 aliphatic rings. The average molecular weight is 319 g/mol. The topological polar surface area (TPSA) is 53.9 Å². The van der Waals surface area contributed by atoms with E-state index >= 15 is 0 Å². The highest BCUT2D eigenvalue weighted by Gasteiger charge is 2.26. The van der Waals surface area contributed by atoms with Crippen LogP contribution in [0, 0.1) is 5.82 Å². The van der Waals surface area contributed by atoms with Crippen molar-refractivity contribution in [3.63, 3.8) is 0 Å². The Morgan fingerprint density at radius 3 is 3.04 bits per heavy atom. The lowest BCUT2D eigenvalue weighted by atomic mass is 10.0. The second kappa shape index (κ2) is 7.76. The number of carbonyl (C=O) groups excluding carboxylic acids is 1. The molecule has 1 heterocycles. The Labute approximate surface area is 135 Å². The molecule has 1 atom stereocenters. The fourth-order valence-corrected chi connectivity index (χ4v) is 2.35. The lowest BCUT2D eigenvalue weighted by Gasteiger charge is -2.24. The van der Waals surface area contributed by atoms with Crippen molar-refractivity contribution in [2.75, 3.05) is 13.1 Å². The highest BCUT2D eigenvalue weighted by atomic mass is 19.1. The summed E-state index contributed by atoms with van der Waals surface area (Å²) in [5.74, 6) is -0.307. The number of hydrogen-bond donors (Lipinski definition) is 1. The molecule has 1 unspecified atom stereocenters. The molecule has 2 amide bonds. The van der Waals surface area contributed by atoms with Crippen LogP contribution in [0.2, 0.25) is 0 Å². The molecular formula is C17H22FN3O2. The smallest absolute Gasteiger partial charge is 0.318 e. The van der Waals surface area contributed by atoms with Gasteiger partial charge in [0.15, 0.2) is 6.10 Å². The normalized spacial score (nSPS) is 16.7. The maximum atomic E-state index is 13.3. The number of rotatable bonds is 6. The fraction of sp³-hybridized carbons (Fsp3) is 0.412. The zero-order valence-corrected chi connectivity index (χ0v) is 13.5. The monoisotopic (exact) mass is 319 g/mol. The predicted molar refractivity (Wildman–Crippen MR) is 87.9 cm³/mol. The molecule has 2 rings (SSSR count). The number of urea groups is 1. The third-order valence-corrected chi connectivity index (χ3v) is 3.36. The zero-order chi connectivity index (χ0) is 16.8. The molecule has 0 aromatic heterocycles. The van der Waals surface area contributed by atoms with Gasteiger partial charge in [0.05, 0.1) is 12.3 Å². The highest BCUT2D eigenvalue weighted by Crippen LogP contribution is 2.18. The van der Waals surface area contributed by atoms with Gasteiger partial charge in [0.25, 0.3) is 0 Å². The van der Waals surface area contributed by atoms with Crippen LogP contribution in [0.3, 0.4) is 0 Å². The van der Waals surface area contributed by atoms with E-state index in [4.69, 9.17) is 4.84 Å². The Morgan fingerprint density at radius 1 is 1.61 bits per heavy atom. The van der Waals surface area contributed by atoms with E-state index in [1.165, 1.54) is 12.1 Å². The molecule has 0 bridgehead atoms. The van der Waals surface area contributed by atoms with Gasteiger partial charge in [-0.15, -0.1) is 6.58 Å². The molecule has 1 aromatic carbocycles. The summed E-state index contributed by atoms with van der Waals surface area (Å²) in [7, 11) is 0. The maximum Gasteiger partial charge on any atom is 0.318 e. The van der Waals surface area contributed by atoms with Gasteiger partial charge in [0, 0.05) is 24.6 Å². The summed E-state index contributed by atoms with van der Waals surface area (Å²) in [5.41, 5.74) is 1.40. The Morgan fingerprint density at radius 2 is 2.39 bits per heavy atom. The van der Waals surface area contributed by atoms with Crippen LogP contribution in [0.25, 0.3) is 0 Å². The lowest BCUT2D eigenvalue weighted by molar-refractivity contribution is 0.0626. The number of hydrogen-bond acceptors (Lipinski definition) is 3. The first-order chi connectivity index (χ1) is 11.0. The number of halogens is 1. The summed E-state index contributed by atoms with van der Waals surface area (Å²) in [4.78, 5) is 19.2. The number of nitrogens with zero attached hydrogens (tertiary/aromatic N) is 2. The van der Waals surface area contributed by atoms with Crippen molar-refractivity contribution in [2.24, 2.45) is 5.16 Å². The van der Waals surface area contributed by atoms with Crippen LogP contribution in [0.15, 0.2) is 42.1 Å². The van der Waals surface area contributed by atoms with Crippen LogP contribution in [-0.2, 0) is 4.84 Å². The van der Waals surface area contributed by atoms with Gasteiger partial charge in [-0.05, 0) is 26.0 Å². The van der Waals surface area contributed by atoms with E-state index in [0.29, 0.717) is 30.8 Å². The molecule has 1 N–H and O–H groups in total. The van der Waals surface area contributed by atoms with Gasteiger partial charge in [-0.3, -0.25) is 0 Å². The Hall–Kier alpha value is -2.37. The minimum absolute atomic E-state index is 0.0541. The van der Waals surface area contributed by atoms with Crippen molar-refractivity contribution >= 4 is 11.7 Å². The van der Waals surface area contributed by atoms with Crippen molar-refractivity contribution in [1.29, 1.82) is 0 Å². The molecule has 0 saturated carbocycles. The number of benzene rings is 1. The molecule has 1 aromatic rings. The Bertz CT molecular complexity index is 601. The molecular weight excluding hydrogens is 297 g/mol. The summed E-state index contributed by atoms with van der Waals surface area (Å²) in [6.45, 7) is 8.30. The summed E-state index contributed by atoms with van der Waals surface area (Å²) in [6.07, 6.45) is 1.96. The number of nitrogens with one attached hydrogen (secondary N) is 1. The molecule has 124 valence electrons. The Balaban J connectivity index is 1.96. The van der Waals surface area contributed by atoms with Gasteiger partial charge in [0.1, 0.15) is 5.82 Å². The van der Waals surface area contributed by atoms with Crippen molar-refractivity contribution in [3.8, 4) is 0 Å². The molecule has 0 radical (unpaired) electrons. The molecule has 0 saturated heterocycles. The minimum Gasteiger partial charge on any atom is -0.390 e. The van der Waals surface area contributed by atoms with Crippen LogP contribution in [0.1, 0.15) is 25.8 Å². The quantitative estimate of drug-likeness (QED) is 0.820. The highest BCUT2D eigenvalue weighted by molar-refractivity contribution is 6.01. The average Bonchev–Trinajstić information content (AvgIpc) is 2.95. The molecule has 1 aliphatic heterocycles. The number of amides is 2. The first-order valence-corrected chi connectivity index (χ1v) is 7.64. The van der Waals surface area contributed by atoms with E-state index in [2.05, 4.69) is 17.1 Å². The van der Waals surface area contributed by atoms with Gasteiger partial charge < -0.3 is 15.1 Å². The second-order valence-corrected chi connectivity index (χ2v) is 5.78. The minimum atomic E-state index is -0.307. The maximum absolute atomic E-state index is 13.3. The third kappa shape index (κ3) is 4.81. The molecule has 5 nitrogen and oxygen atoms in total. The first-order valence-electron chi connectivity index (χ1n) is 7.64. The van der Waals surface area contributed by atoms with Crippen LogP contribution in [0.5, 0.6) is 0 Å². The fourth-order valence-electron chi connectivity index (χ4n) is 2.35. The van der Waals surface area contributed by atoms with E-state index < -0.39 is 0 Å². The van der Waals surface area contributed by atoms with Gasteiger partial charge in [-0.2, -0.15) is 0 Å². The summed E-state index contributed by atoms with van der Waals surface area (Å²) in [6, 6.07) is 6.14. The van der Waals surface area contributed by atoms with Crippen LogP contribution < -0.4 is 5.32 Å². The van der Waals surface area contributed by atoms with Crippen LogP contribution in [-0.4, -0.2) is 41.9 Å². The van der Waals surface area contributed by atoms with Gasteiger partial charge in [-0.1, -0.05) is 23.4 Å². The number of carbonyl (C=O) groups is 1. The van der Waals surface area contributed by atoms with Crippen LogP contribution in [0.4, 0.5) is 9.18 Å². The van der Waals surface area contributed by atoms with E-state index in [9.17, 15) is 9.18 Å². The van der Waals surface area contributed by atoms with Gasteiger partial charge in [0.2, 0.25) is 0 Å². The summed E-state index contributed by atoms with van der Waals surface area (Å²) in [5, 5.41) is 6.88. The lowest BCUT2D eigenvalue weighted by Crippen LogP contribution is -2.46. The van der Waals surface area contributed by atoms with Crippen LogP contribution >= 0.6 is 0 Å². The van der Waals surface area contributed by atoms with Crippen molar-refractivity contribution in [1.82, 2.24) is 10.2 Å². The molecule has 0 aliphatic carbocycles. The summed E-state index contributed by atoms with van der Waals surface area (Å²) < 4.78 is 13.3. The van der Waals surface area contributed by atoms with E-state index in [1.807, 2.05) is 13.8 Å². The summed E-state index contributed by atoms with van der Waals surface area (Å²) >= 11 is 0. The van der Waals surface area contributed by atoms with E-state index in [0.717, 1.165) is 0 Å². The zero-order valence-electron chi connectivity index (χ0n) is 13.5. The van der Waals surface area contributed by atoms with E-state index in [-0.39, 0.29) is 24.0 Å². The van der Waals surface area contributed by atoms with Crippen molar-refractivity contribution < 1.29 is 14.0 Å². The molecule has 0 spiro atoms.